The normalized spacial score (nSPS) is 17.7. The van der Waals surface area contributed by atoms with Crippen LogP contribution in [-0.2, 0) is 0 Å². The molecule has 1 aromatic carbocycles. The third kappa shape index (κ3) is 5.55. The van der Waals surface area contributed by atoms with Crippen molar-refractivity contribution >= 4 is 48.0 Å². The van der Waals surface area contributed by atoms with Gasteiger partial charge in [-0.15, -0.1) is 24.8 Å². The quantitative estimate of drug-likeness (QED) is 0.817. The van der Waals surface area contributed by atoms with Gasteiger partial charge in [0, 0.05) is 18.8 Å². The van der Waals surface area contributed by atoms with Crippen molar-refractivity contribution in [2.75, 3.05) is 31.9 Å². The average Bonchev–Trinajstić information content (AvgIpc) is 2.84. The maximum Gasteiger partial charge on any atom is 0.252 e. The van der Waals surface area contributed by atoms with Crippen molar-refractivity contribution in [3.05, 3.63) is 28.8 Å². The zero-order valence-corrected chi connectivity index (χ0v) is 14.4. The van der Waals surface area contributed by atoms with Gasteiger partial charge in [0.25, 0.3) is 5.91 Å². The fourth-order valence-corrected chi connectivity index (χ4v) is 2.69. The summed E-state index contributed by atoms with van der Waals surface area (Å²) in [5.41, 5.74) is 6.66. The molecule has 1 unspecified atom stereocenters. The molecule has 1 fully saturated rings. The van der Waals surface area contributed by atoms with Gasteiger partial charge in [0.1, 0.15) is 0 Å². The van der Waals surface area contributed by atoms with Crippen LogP contribution in [0.3, 0.4) is 0 Å². The SMILES string of the molecule is CCN1CCC(CNC(=O)c2ccc(N)cc2Cl)C1.Cl.Cl. The highest BCUT2D eigenvalue weighted by atomic mass is 35.5. The Balaban J connectivity index is 0.00000200. The molecule has 2 rings (SSSR count). The topological polar surface area (TPSA) is 58.4 Å². The van der Waals surface area contributed by atoms with Crippen LogP contribution in [0.5, 0.6) is 0 Å². The van der Waals surface area contributed by atoms with Crippen molar-refractivity contribution in [3.8, 4) is 0 Å². The van der Waals surface area contributed by atoms with Crippen molar-refractivity contribution < 1.29 is 4.79 Å². The number of rotatable bonds is 4. The summed E-state index contributed by atoms with van der Waals surface area (Å²) < 4.78 is 0. The van der Waals surface area contributed by atoms with Crippen molar-refractivity contribution in [1.82, 2.24) is 10.2 Å². The monoisotopic (exact) mass is 353 g/mol. The Morgan fingerprint density at radius 1 is 1.48 bits per heavy atom. The number of hydrogen-bond acceptors (Lipinski definition) is 3. The van der Waals surface area contributed by atoms with Crippen LogP contribution in [0.4, 0.5) is 5.69 Å². The summed E-state index contributed by atoms with van der Waals surface area (Å²) in [6.45, 7) is 6.13. The lowest BCUT2D eigenvalue weighted by Gasteiger charge is -2.14. The second-order valence-corrected chi connectivity index (χ2v) is 5.40. The molecule has 1 aromatic rings. The van der Waals surface area contributed by atoms with Gasteiger partial charge in [-0.05, 0) is 43.6 Å². The summed E-state index contributed by atoms with van der Waals surface area (Å²) in [5, 5.41) is 3.36. The number of nitrogens with zero attached hydrogens (tertiary/aromatic N) is 1. The second kappa shape index (κ2) is 9.36. The fourth-order valence-electron chi connectivity index (χ4n) is 2.41. The molecule has 3 N–H and O–H groups in total. The maximum absolute atomic E-state index is 12.0. The number of nitrogen functional groups attached to an aromatic ring is 1. The van der Waals surface area contributed by atoms with Crippen LogP contribution in [0.25, 0.3) is 0 Å². The summed E-state index contributed by atoms with van der Waals surface area (Å²) in [5.74, 6) is 0.413. The number of amides is 1. The Hall–Kier alpha value is -0.680. The van der Waals surface area contributed by atoms with Crippen LogP contribution in [0.2, 0.25) is 5.02 Å². The largest absolute Gasteiger partial charge is 0.399 e. The number of benzene rings is 1. The van der Waals surface area contributed by atoms with Gasteiger partial charge in [-0.1, -0.05) is 18.5 Å². The summed E-state index contributed by atoms with van der Waals surface area (Å²) in [6.07, 6.45) is 1.14. The molecule has 0 saturated carbocycles. The molecule has 0 aromatic heterocycles. The Kier molecular flexibility index (Phi) is 9.06. The van der Waals surface area contributed by atoms with E-state index in [1.165, 1.54) is 0 Å². The van der Waals surface area contributed by atoms with Gasteiger partial charge < -0.3 is 16.0 Å². The predicted octanol–water partition coefficient (Wildman–Crippen LogP) is 2.84. The van der Waals surface area contributed by atoms with Crippen LogP contribution in [0.1, 0.15) is 23.7 Å². The van der Waals surface area contributed by atoms with E-state index in [4.69, 9.17) is 17.3 Å². The molecule has 21 heavy (non-hydrogen) atoms. The lowest BCUT2D eigenvalue weighted by Crippen LogP contribution is -2.31. The first-order valence-electron chi connectivity index (χ1n) is 6.65. The van der Waals surface area contributed by atoms with Crippen molar-refractivity contribution in [1.29, 1.82) is 0 Å². The number of nitrogens with two attached hydrogens (primary N) is 1. The molecule has 7 heteroatoms. The number of anilines is 1. The smallest absolute Gasteiger partial charge is 0.252 e. The van der Waals surface area contributed by atoms with Crippen LogP contribution >= 0.6 is 36.4 Å². The first-order chi connectivity index (χ1) is 9.10. The van der Waals surface area contributed by atoms with E-state index < -0.39 is 0 Å². The number of hydrogen-bond donors (Lipinski definition) is 2. The molecule has 0 spiro atoms. The van der Waals surface area contributed by atoms with Crippen LogP contribution in [0, 0.1) is 5.92 Å². The van der Waals surface area contributed by atoms with E-state index >= 15 is 0 Å². The lowest BCUT2D eigenvalue weighted by atomic mass is 10.1. The van der Waals surface area contributed by atoms with Crippen molar-refractivity contribution in [2.45, 2.75) is 13.3 Å². The zero-order chi connectivity index (χ0) is 13.8. The molecule has 1 aliphatic rings. The number of halogens is 3. The molecule has 1 saturated heterocycles. The Labute approximate surface area is 143 Å². The predicted molar refractivity (Wildman–Crippen MR) is 92.9 cm³/mol. The first kappa shape index (κ1) is 20.3. The number of carbonyl (C=O) groups excluding carboxylic acids is 1. The van der Waals surface area contributed by atoms with E-state index in [1.54, 1.807) is 18.2 Å². The molecular weight excluding hydrogens is 333 g/mol. The molecule has 1 amide bonds. The Morgan fingerprint density at radius 2 is 2.19 bits per heavy atom. The molecule has 0 radical (unpaired) electrons. The second-order valence-electron chi connectivity index (χ2n) is 5.00. The number of nitrogens with one attached hydrogen (secondary N) is 1. The minimum absolute atomic E-state index is 0. The van der Waals surface area contributed by atoms with Gasteiger partial charge in [-0.25, -0.2) is 0 Å². The molecular formula is C14H22Cl3N3O. The molecule has 120 valence electrons. The van der Waals surface area contributed by atoms with Crippen LogP contribution < -0.4 is 11.1 Å². The highest BCUT2D eigenvalue weighted by Crippen LogP contribution is 2.19. The average molecular weight is 355 g/mol. The minimum atomic E-state index is -0.125. The van der Waals surface area contributed by atoms with Gasteiger partial charge in [0.15, 0.2) is 0 Å². The van der Waals surface area contributed by atoms with Crippen LogP contribution in [0.15, 0.2) is 18.2 Å². The molecule has 1 heterocycles. The van der Waals surface area contributed by atoms with Gasteiger partial charge in [0.05, 0.1) is 10.6 Å². The van der Waals surface area contributed by atoms with E-state index in [0.29, 0.717) is 28.7 Å². The minimum Gasteiger partial charge on any atom is -0.399 e. The summed E-state index contributed by atoms with van der Waals surface area (Å²) in [6, 6.07) is 4.96. The maximum atomic E-state index is 12.0. The van der Waals surface area contributed by atoms with Gasteiger partial charge in [-0.2, -0.15) is 0 Å². The summed E-state index contributed by atoms with van der Waals surface area (Å²) >= 11 is 6.02. The Bertz CT molecular complexity index is 471. The molecule has 1 atom stereocenters. The van der Waals surface area contributed by atoms with Gasteiger partial charge in [-0.3, -0.25) is 4.79 Å². The highest BCUT2D eigenvalue weighted by Gasteiger charge is 2.21. The fraction of sp³-hybridized carbons (Fsp3) is 0.500. The number of carbonyl (C=O) groups is 1. The Morgan fingerprint density at radius 3 is 2.76 bits per heavy atom. The summed E-state index contributed by atoms with van der Waals surface area (Å²) in [7, 11) is 0. The zero-order valence-electron chi connectivity index (χ0n) is 12.0. The molecule has 0 aliphatic carbocycles. The van der Waals surface area contributed by atoms with E-state index in [-0.39, 0.29) is 30.7 Å². The van der Waals surface area contributed by atoms with Crippen molar-refractivity contribution in [3.63, 3.8) is 0 Å². The number of likely N-dealkylation sites (tertiary alicyclic amines) is 1. The molecule has 1 aliphatic heterocycles. The summed E-state index contributed by atoms with van der Waals surface area (Å²) in [4.78, 5) is 14.4. The highest BCUT2D eigenvalue weighted by molar-refractivity contribution is 6.34. The van der Waals surface area contributed by atoms with Crippen LogP contribution in [-0.4, -0.2) is 37.0 Å². The first-order valence-corrected chi connectivity index (χ1v) is 7.03. The van der Waals surface area contributed by atoms with E-state index in [1.807, 2.05) is 0 Å². The van der Waals surface area contributed by atoms with Crippen molar-refractivity contribution in [2.24, 2.45) is 5.92 Å². The standard InChI is InChI=1S/C14H20ClN3O.2ClH/c1-2-18-6-5-10(9-18)8-17-14(19)12-4-3-11(16)7-13(12)15;;/h3-4,7,10H,2,5-6,8-9,16H2,1H3,(H,17,19);2*1H. The third-order valence-electron chi connectivity index (χ3n) is 3.61. The third-order valence-corrected chi connectivity index (χ3v) is 3.92. The lowest BCUT2D eigenvalue weighted by molar-refractivity contribution is 0.0947. The molecule has 0 bridgehead atoms. The van der Waals surface area contributed by atoms with E-state index in [9.17, 15) is 4.79 Å². The molecule has 4 nitrogen and oxygen atoms in total. The van der Waals surface area contributed by atoms with E-state index in [2.05, 4.69) is 17.1 Å². The van der Waals surface area contributed by atoms with Gasteiger partial charge >= 0.3 is 0 Å². The van der Waals surface area contributed by atoms with E-state index in [0.717, 1.165) is 26.1 Å². The van der Waals surface area contributed by atoms with Gasteiger partial charge in [0.2, 0.25) is 0 Å².